The topological polar surface area (TPSA) is 38.3 Å². The van der Waals surface area contributed by atoms with Crippen molar-refractivity contribution < 1.29 is 9.53 Å². The van der Waals surface area contributed by atoms with Crippen LogP contribution < -0.4 is 10.1 Å². The first-order chi connectivity index (χ1) is 11.6. The van der Waals surface area contributed by atoms with Gasteiger partial charge < -0.3 is 10.1 Å². The molecular formula is C19H23NO2S2. The summed E-state index contributed by atoms with van der Waals surface area (Å²) in [6.45, 7) is 4.92. The molecule has 5 heteroatoms. The Labute approximate surface area is 152 Å². The minimum absolute atomic E-state index is 0.0662. The second-order valence-corrected chi connectivity index (χ2v) is 7.63. The fourth-order valence-electron chi connectivity index (χ4n) is 2.03. The zero-order chi connectivity index (χ0) is 17.4. The Morgan fingerprint density at radius 2 is 1.71 bits per heavy atom. The maximum atomic E-state index is 11.9. The molecule has 2 aromatic rings. The second kappa shape index (κ2) is 9.64. The normalized spacial score (nSPS) is 10.5. The van der Waals surface area contributed by atoms with Gasteiger partial charge in [0.15, 0.2) is 0 Å². The molecule has 24 heavy (non-hydrogen) atoms. The van der Waals surface area contributed by atoms with Gasteiger partial charge in [0.25, 0.3) is 0 Å². The summed E-state index contributed by atoms with van der Waals surface area (Å²) in [7, 11) is 1.64. The van der Waals surface area contributed by atoms with Crippen molar-refractivity contribution in [2.45, 2.75) is 23.6 Å². The summed E-state index contributed by atoms with van der Waals surface area (Å²) in [5, 5.41) is 2.97. The summed E-state index contributed by atoms with van der Waals surface area (Å²) in [4.78, 5) is 14.2. The standard InChI is InChI=1S/C19H23NO2S2/c1-14-4-7-18(12-15(14)2)23-11-10-20-19(21)13-24-17-8-5-16(22-3)6-9-17/h4-9,12H,10-11,13H2,1-3H3,(H,20,21). The van der Waals surface area contributed by atoms with Crippen molar-refractivity contribution in [3.05, 3.63) is 53.6 Å². The lowest BCUT2D eigenvalue weighted by Crippen LogP contribution is -2.27. The van der Waals surface area contributed by atoms with Gasteiger partial charge in [-0.25, -0.2) is 0 Å². The maximum Gasteiger partial charge on any atom is 0.230 e. The third-order valence-corrected chi connectivity index (χ3v) is 5.61. The van der Waals surface area contributed by atoms with Crippen LogP contribution in [0.1, 0.15) is 11.1 Å². The van der Waals surface area contributed by atoms with E-state index in [1.54, 1.807) is 18.9 Å². The van der Waals surface area contributed by atoms with E-state index in [1.807, 2.05) is 24.3 Å². The van der Waals surface area contributed by atoms with Crippen LogP contribution in [0.5, 0.6) is 5.75 Å². The van der Waals surface area contributed by atoms with Crippen molar-refractivity contribution in [2.24, 2.45) is 0 Å². The molecule has 2 rings (SSSR count). The Hall–Kier alpha value is -1.59. The maximum absolute atomic E-state index is 11.9. The minimum Gasteiger partial charge on any atom is -0.497 e. The molecule has 1 amide bonds. The molecule has 0 aliphatic carbocycles. The lowest BCUT2D eigenvalue weighted by molar-refractivity contribution is -0.118. The first-order valence-corrected chi connectivity index (χ1v) is 9.79. The predicted octanol–water partition coefficient (Wildman–Crippen LogP) is 4.31. The molecule has 0 saturated heterocycles. The largest absolute Gasteiger partial charge is 0.497 e. The van der Waals surface area contributed by atoms with E-state index in [0.29, 0.717) is 12.3 Å². The lowest BCUT2D eigenvalue weighted by Gasteiger charge is -2.07. The molecule has 0 atom stereocenters. The molecule has 128 valence electrons. The Morgan fingerprint density at radius 3 is 2.38 bits per heavy atom. The highest BCUT2D eigenvalue weighted by atomic mass is 32.2. The summed E-state index contributed by atoms with van der Waals surface area (Å²) >= 11 is 3.30. The molecule has 0 fully saturated rings. The minimum atomic E-state index is 0.0662. The molecular weight excluding hydrogens is 338 g/mol. The van der Waals surface area contributed by atoms with E-state index in [0.717, 1.165) is 16.4 Å². The molecule has 0 aliphatic rings. The van der Waals surface area contributed by atoms with Crippen LogP contribution in [0.3, 0.4) is 0 Å². The first-order valence-electron chi connectivity index (χ1n) is 7.82. The summed E-state index contributed by atoms with van der Waals surface area (Å²) in [5.74, 6) is 2.20. The van der Waals surface area contributed by atoms with Crippen molar-refractivity contribution in [2.75, 3.05) is 25.2 Å². The molecule has 0 radical (unpaired) electrons. The van der Waals surface area contributed by atoms with Gasteiger partial charge >= 0.3 is 0 Å². The van der Waals surface area contributed by atoms with Gasteiger partial charge in [0.2, 0.25) is 5.91 Å². The van der Waals surface area contributed by atoms with Crippen LogP contribution in [0, 0.1) is 13.8 Å². The number of hydrogen-bond acceptors (Lipinski definition) is 4. The third kappa shape index (κ3) is 6.13. The monoisotopic (exact) mass is 361 g/mol. The van der Waals surface area contributed by atoms with Gasteiger partial charge in [-0.3, -0.25) is 4.79 Å². The fourth-order valence-corrected chi connectivity index (χ4v) is 3.63. The predicted molar refractivity (Wildman–Crippen MR) is 103 cm³/mol. The van der Waals surface area contributed by atoms with Gasteiger partial charge in [-0.15, -0.1) is 23.5 Å². The average molecular weight is 362 g/mol. The van der Waals surface area contributed by atoms with Gasteiger partial charge in [0.05, 0.1) is 12.9 Å². The number of carbonyl (C=O) groups excluding carboxylic acids is 1. The summed E-state index contributed by atoms with van der Waals surface area (Å²) < 4.78 is 5.12. The van der Waals surface area contributed by atoms with E-state index >= 15 is 0 Å². The highest BCUT2D eigenvalue weighted by Gasteiger charge is 2.03. The van der Waals surface area contributed by atoms with Crippen LogP contribution in [0.15, 0.2) is 52.3 Å². The van der Waals surface area contributed by atoms with E-state index in [-0.39, 0.29) is 5.91 Å². The van der Waals surface area contributed by atoms with Crippen LogP contribution in [0.25, 0.3) is 0 Å². The van der Waals surface area contributed by atoms with Crippen LogP contribution in [0.4, 0.5) is 0 Å². The van der Waals surface area contributed by atoms with E-state index in [4.69, 9.17) is 4.74 Å². The van der Waals surface area contributed by atoms with Gasteiger partial charge in [0.1, 0.15) is 5.75 Å². The summed E-state index contributed by atoms with van der Waals surface area (Å²) in [6, 6.07) is 14.2. The van der Waals surface area contributed by atoms with Crippen LogP contribution in [0.2, 0.25) is 0 Å². The van der Waals surface area contributed by atoms with Crippen molar-refractivity contribution in [3.8, 4) is 5.75 Å². The van der Waals surface area contributed by atoms with Gasteiger partial charge in [-0.2, -0.15) is 0 Å². The Kier molecular flexibility index (Phi) is 7.53. The van der Waals surface area contributed by atoms with Crippen LogP contribution in [-0.4, -0.2) is 31.1 Å². The number of carbonyl (C=O) groups is 1. The number of hydrogen-bond donors (Lipinski definition) is 1. The number of ether oxygens (including phenoxy) is 1. The van der Waals surface area contributed by atoms with Crippen molar-refractivity contribution in [1.82, 2.24) is 5.32 Å². The summed E-state index contributed by atoms with van der Waals surface area (Å²) in [6.07, 6.45) is 0. The molecule has 3 nitrogen and oxygen atoms in total. The van der Waals surface area contributed by atoms with E-state index in [9.17, 15) is 4.79 Å². The van der Waals surface area contributed by atoms with Crippen molar-refractivity contribution in [3.63, 3.8) is 0 Å². The van der Waals surface area contributed by atoms with E-state index in [2.05, 4.69) is 37.4 Å². The summed E-state index contributed by atoms with van der Waals surface area (Å²) in [5.41, 5.74) is 2.61. The molecule has 0 heterocycles. The van der Waals surface area contributed by atoms with Crippen molar-refractivity contribution in [1.29, 1.82) is 0 Å². The number of nitrogens with one attached hydrogen (secondary N) is 1. The molecule has 0 spiro atoms. The third-order valence-electron chi connectivity index (χ3n) is 3.60. The number of methoxy groups -OCH3 is 1. The molecule has 0 bridgehead atoms. The number of amides is 1. The van der Waals surface area contributed by atoms with Gasteiger partial charge in [0, 0.05) is 22.1 Å². The molecule has 0 aromatic heterocycles. The second-order valence-electron chi connectivity index (χ2n) is 5.41. The van der Waals surface area contributed by atoms with Crippen molar-refractivity contribution >= 4 is 29.4 Å². The highest BCUT2D eigenvalue weighted by Crippen LogP contribution is 2.22. The van der Waals surface area contributed by atoms with E-state index in [1.165, 1.54) is 27.8 Å². The Bertz CT molecular complexity index is 672. The fraction of sp³-hybridized carbons (Fsp3) is 0.316. The molecule has 2 aromatic carbocycles. The molecule has 0 unspecified atom stereocenters. The van der Waals surface area contributed by atoms with Gasteiger partial charge in [-0.05, 0) is 61.4 Å². The number of rotatable bonds is 8. The number of benzene rings is 2. The zero-order valence-electron chi connectivity index (χ0n) is 14.3. The van der Waals surface area contributed by atoms with Crippen LogP contribution >= 0.6 is 23.5 Å². The van der Waals surface area contributed by atoms with Gasteiger partial charge in [-0.1, -0.05) is 6.07 Å². The smallest absolute Gasteiger partial charge is 0.230 e. The Morgan fingerprint density at radius 1 is 1.00 bits per heavy atom. The SMILES string of the molecule is COc1ccc(SCC(=O)NCCSc2ccc(C)c(C)c2)cc1. The number of thioether (sulfide) groups is 2. The zero-order valence-corrected chi connectivity index (χ0v) is 15.9. The number of aryl methyl sites for hydroxylation is 2. The lowest BCUT2D eigenvalue weighted by atomic mass is 10.1. The van der Waals surface area contributed by atoms with Crippen LogP contribution in [-0.2, 0) is 4.79 Å². The van der Waals surface area contributed by atoms with E-state index < -0.39 is 0 Å². The molecule has 0 saturated carbocycles. The quantitative estimate of drug-likeness (QED) is 0.562. The Balaban J connectivity index is 1.64. The highest BCUT2D eigenvalue weighted by molar-refractivity contribution is 8.00. The average Bonchev–Trinajstić information content (AvgIpc) is 2.60. The molecule has 0 aliphatic heterocycles. The molecule has 1 N–H and O–H groups in total. The first kappa shape index (κ1) is 18.7.